The highest BCUT2D eigenvalue weighted by atomic mass is 35.5. The van der Waals surface area contributed by atoms with Crippen molar-refractivity contribution in [1.29, 1.82) is 0 Å². The summed E-state index contributed by atoms with van der Waals surface area (Å²) in [7, 11) is 0. The second kappa shape index (κ2) is 14.5. The van der Waals surface area contributed by atoms with Crippen LogP contribution in [0.25, 0.3) is 11.1 Å². The fourth-order valence-electron chi connectivity index (χ4n) is 4.75. The standard InChI is InChI=1S/C33H31ClFN5O3S/c1-22(27-16-36-37-17-27)30-19-40(33(38-32(30)43)44-21-24-4-12-29(35)13-5-24)20-31(42)39(14-15-41)18-23-2-6-25(7-3-23)26-8-10-28(34)11-9-26/h2-13,16-17,19,22,41H,14-15,18,20-21H2,1H3,(H,36,37). The number of rotatable bonds is 12. The topological polar surface area (TPSA) is 104 Å². The van der Waals surface area contributed by atoms with Gasteiger partial charge in [0.15, 0.2) is 5.16 Å². The van der Waals surface area contributed by atoms with Gasteiger partial charge in [-0.2, -0.15) is 10.1 Å². The van der Waals surface area contributed by atoms with Gasteiger partial charge in [-0.25, -0.2) is 4.39 Å². The summed E-state index contributed by atoms with van der Waals surface area (Å²) in [6.07, 6.45) is 5.05. The first-order valence-electron chi connectivity index (χ1n) is 14.0. The highest BCUT2D eigenvalue weighted by Crippen LogP contribution is 2.26. The number of thioether (sulfide) groups is 1. The molecule has 226 valence electrons. The molecule has 0 bridgehead atoms. The van der Waals surface area contributed by atoms with Gasteiger partial charge in [-0.1, -0.05) is 78.8 Å². The third-order valence-electron chi connectivity index (χ3n) is 7.28. The van der Waals surface area contributed by atoms with E-state index in [0.717, 1.165) is 27.8 Å². The van der Waals surface area contributed by atoms with E-state index in [0.29, 0.717) is 28.0 Å². The van der Waals surface area contributed by atoms with Crippen LogP contribution in [0.5, 0.6) is 0 Å². The van der Waals surface area contributed by atoms with E-state index in [1.807, 2.05) is 55.5 Å². The molecule has 0 aliphatic rings. The van der Waals surface area contributed by atoms with Crippen molar-refractivity contribution in [2.45, 2.75) is 36.8 Å². The Morgan fingerprint density at radius 3 is 2.34 bits per heavy atom. The SMILES string of the molecule is CC(c1cn[nH]c1)c1cn(CC(=O)N(CCO)Cc2ccc(-c3ccc(Cl)cc3)cc2)c(SCc2ccc(F)cc2)nc1=O. The van der Waals surface area contributed by atoms with Gasteiger partial charge in [0.1, 0.15) is 12.4 Å². The third-order valence-corrected chi connectivity index (χ3v) is 8.60. The van der Waals surface area contributed by atoms with Gasteiger partial charge >= 0.3 is 0 Å². The minimum atomic E-state index is -0.392. The predicted molar refractivity (Wildman–Crippen MR) is 170 cm³/mol. The van der Waals surface area contributed by atoms with Crippen molar-refractivity contribution in [3.05, 3.63) is 135 Å². The summed E-state index contributed by atoms with van der Waals surface area (Å²) >= 11 is 7.31. The van der Waals surface area contributed by atoms with Gasteiger partial charge in [-0.05, 0) is 52.1 Å². The molecule has 0 saturated carbocycles. The van der Waals surface area contributed by atoms with Crippen molar-refractivity contribution in [3.63, 3.8) is 0 Å². The lowest BCUT2D eigenvalue weighted by Crippen LogP contribution is -2.36. The Labute approximate surface area is 263 Å². The first-order valence-corrected chi connectivity index (χ1v) is 15.4. The summed E-state index contributed by atoms with van der Waals surface area (Å²) in [5.41, 5.74) is 4.66. The van der Waals surface area contributed by atoms with E-state index in [9.17, 15) is 19.1 Å². The predicted octanol–water partition coefficient (Wildman–Crippen LogP) is 5.89. The Balaban J connectivity index is 1.38. The molecule has 2 N–H and O–H groups in total. The molecule has 2 heterocycles. The molecule has 44 heavy (non-hydrogen) atoms. The molecule has 1 amide bonds. The number of hydrogen-bond acceptors (Lipinski definition) is 6. The van der Waals surface area contributed by atoms with Crippen LogP contribution in [0.3, 0.4) is 0 Å². The summed E-state index contributed by atoms with van der Waals surface area (Å²) in [4.78, 5) is 32.8. The monoisotopic (exact) mass is 631 g/mol. The van der Waals surface area contributed by atoms with Crippen LogP contribution in [0.2, 0.25) is 5.02 Å². The van der Waals surface area contributed by atoms with Crippen LogP contribution in [-0.4, -0.2) is 48.8 Å². The largest absolute Gasteiger partial charge is 0.395 e. The number of hydrogen-bond donors (Lipinski definition) is 2. The van der Waals surface area contributed by atoms with Gasteiger partial charge < -0.3 is 14.6 Å². The van der Waals surface area contributed by atoms with E-state index >= 15 is 0 Å². The number of aliphatic hydroxyl groups excluding tert-OH is 1. The summed E-state index contributed by atoms with van der Waals surface area (Å²) in [6, 6.07) is 21.6. The van der Waals surface area contributed by atoms with Crippen LogP contribution in [0.15, 0.2) is 101 Å². The molecular weight excluding hydrogens is 601 g/mol. The Bertz CT molecular complexity index is 1750. The van der Waals surface area contributed by atoms with Crippen molar-refractivity contribution < 1.29 is 14.3 Å². The number of aliphatic hydroxyl groups is 1. The molecule has 0 aliphatic carbocycles. The van der Waals surface area contributed by atoms with Crippen molar-refractivity contribution in [1.82, 2.24) is 24.6 Å². The minimum Gasteiger partial charge on any atom is -0.395 e. The minimum absolute atomic E-state index is 0.0903. The normalized spacial score (nSPS) is 11.8. The Morgan fingerprint density at radius 2 is 1.70 bits per heavy atom. The molecule has 8 nitrogen and oxygen atoms in total. The molecule has 0 aliphatic heterocycles. The maximum Gasteiger partial charge on any atom is 0.277 e. The van der Waals surface area contributed by atoms with Crippen LogP contribution in [0.1, 0.15) is 35.1 Å². The lowest BCUT2D eigenvalue weighted by molar-refractivity contribution is -0.133. The van der Waals surface area contributed by atoms with Gasteiger partial charge in [-0.3, -0.25) is 14.7 Å². The molecule has 3 aromatic carbocycles. The zero-order valence-corrected chi connectivity index (χ0v) is 25.6. The van der Waals surface area contributed by atoms with Crippen molar-refractivity contribution in [2.75, 3.05) is 13.2 Å². The lowest BCUT2D eigenvalue weighted by atomic mass is 9.98. The summed E-state index contributed by atoms with van der Waals surface area (Å²) in [5, 5.41) is 17.6. The summed E-state index contributed by atoms with van der Waals surface area (Å²) in [5.74, 6) is -0.450. The maximum atomic E-state index is 13.7. The number of carbonyl (C=O) groups excluding carboxylic acids is 1. The molecule has 5 aromatic rings. The highest BCUT2D eigenvalue weighted by molar-refractivity contribution is 7.98. The zero-order chi connectivity index (χ0) is 31.1. The van der Waals surface area contributed by atoms with E-state index in [1.54, 1.807) is 40.2 Å². The number of carbonyl (C=O) groups is 1. The quantitative estimate of drug-likeness (QED) is 0.131. The first-order chi connectivity index (χ1) is 21.3. The lowest BCUT2D eigenvalue weighted by Gasteiger charge is -2.24. The average molecular weight is 632 g/mol. The number of aromatic amines is 1. The number of halogens is 2. The molecule has 1 atom stereocenters. The number of benzene rings is 3. The van der Waals surface area contributed by atoms with E-state index < -0.39 is 5.56 Å². The molecule has 2 aromatic heterocycles. The van der Waals surface area contributed by atoms with Gasteiger partial charge in [-0.15, -0.1) is 0 Å². The van der Waals surface area contributed by atoms with Gasteiger partial charge in [0.05, 0.1) is 12.8 Å². The Kier molecular flexibility index (Phi) is 10.3. The van der Waals surface area contributed by atoms with Gasteiger partial charge in [0.25, 0.3) is 5.56 Å². The van der Waals surface area contributed by atoms with Crippen molar-refractivity contribution >= 4 is 29.3 Å². The average Bonchev–Trinajstić information content (AvgIpc) is 3.57. The maximum absolute atomic E-state index is 13.7. The molecule has 0 radical (unpaired) electrons. The first kappa shape index (κ1) is 31.2. The molecule has 0 saturated heterocycles. The summed E-state index contributed by atoms with van der Waals surface area (Å²) < 4.78 is 15.1. The highest BCUT2D eigenvalue weighted by Gasteiger charge is 2.21. The fourth-order valence-corrected chi connectivity index (χ4v) is 5.79. The Hall–Kier alpha value is -4.25. The number of nitrogens with zero attached hydrogens (tertiary/aromatic N) is 4. The van der Waals surface area contributed by atoms with Crippen molar-refractivity contribution in [3.8, 4) is 11.1 Å². The molecule has 5 rings (SSSR count). The van der Waals surface area contributed by atoms with Crippen LogP contribution >= 0.6 is 23.4 Å². The van der Waals surface area contributed by atoms with Crippen molar-refractivity contribution in [2.24, 2.45) is 0 Å². The van der Waals surface area contributed by atoms with E-state index in [1.165, 1.54) is 23.9 Å². The molecular formula is C33H31ClFN5O3S. The number of H-pyrrole nitrogens is 1. The molecule has 1 unspecified atom stereocenters. The van der Waals surface area contributed by atoms with Crippen LogP contribution in [0, 0.1) is 5.82 Å². The number of aromatic nitrogens is 4. The second-order valence-electron chi connectivity index (χ2n) is 10.3. The molecule has 0 fully saturated rings. The number of nitrogens with one attached hydrogen (secondary N) is 1. The van der Waals surface area contributed by atoms with Gasteiger partial charge in [0, 0.05) is 47.7 Å². The molecule has 11 heteroatoms. The van der Waals surface area contributed by atoms with Crippen LogP contribution in [0.4, 0.5) is 4.39 Å². The van der Waals surface area contributed by atoms with E-state index in [4.69, 9.17) is 11.6 Å². The zero-order valence-electron chi connectivity index (χ0n) is 24.0. The smallest absolute Gasteiger partial charge is 0.277 e. The van der Waals surface area contributed by atoms with E-state index in [2.05, 4.69) is 15.2 Å². The number of amides is 1. The second-order valence-corrected chi connectivity index (χ2v) is 11.7. The van der Waals surface area contributed by atoms with Crippen LogP contribution in [-0.2, 0) is 23.6 Å². The van der Waals surface area contributed by atoms with Gasteiger partial charge in [0.2, 0.25) is 5.91 Å². The Morgan fingerprint density at radius 1 is 1.05 bits per heavy atom. The van der Waals surface area contributed by atoms with Crippen LogP contribution < -0.4 is 5.56 Å². The third kappa shape index (κ3) is 7.82. The molecule has 0 spiro atoms. The summed E-state index contributed by atoms with van der Waals surface area (Å²) in [6.45, 7) is 2.03. The fraction of sp³-hybridized carbons (Fsp3) is 0.212. The van der Waals surface area contributed by atoms with E-state index in [-0.39, 0.29) is 37.3 Å².